The zero-order valence-corrected chi connectivity index (χ0v) is 30.2. The first-order valence-electron chi connectivity index (χ1n) is 16.0. The third kappa shape index (κ3) is 9.63. The Labute approximate surface area is 295 Å². The number of hydrogen-bond acceptors (Lipinski definition) is 2. The summed E-state index contributed by atoms with van der Waals surface area (Å²) in [6, 6.07) is 58.1. The summed E-state index contributed by atoms with van der Waals surface area (Å²) in [6.07, 6.45) is 0.606. The van der Waals surface area contributed by atoms with Crippen LogP contribution in [0.5, 0.6) is 0 Å². The monoisotopic (exact) mass is 702 g/mol. The molecule has 6 aromatic carbocycles. The largest absolute Gasteiger partial charge is 0.309 e. The molecule has 0 aliphatic rings. The second kappa shape index (κ2) is 17.0. The molecule has 0 saturated heterocycles. The number of anilines is 6. The van der Waals surface area contributed by atoms with Crippen molar-refractivity contribution < 1.29 is 0 Å². The van der Waals surface area contributed by atoms with Gasteiger partial charge in [-0.25, -0.2) is 0 Å². The molecular weight excluding hydrogens is 664 g/mol. The number of benzene rings is 6. The molecule has 0 radical (unpaired) electrons. The van der Waals surface area contributed by atoms with Gasteiger partial charge in [-0.05, 0) is 88.7 Å². The zero-order chi connectivity index (χ0) is 33.6. The van der Waals surface area contributed by atoms with Crippen LogP contribution in [0, 0.1) is 23.3 Å². The van der Waals surface area contributed by atoms with Gasteiger partial charge in [0.2, 0.25) is 0 Å². The van der Waals surface area contributed by atoms with E-state index in [1.165, 1.54) is 0 Å². The highest BCUT2D eigenvalue weighted by Gasteiger charge is 2.15. The van der Waals surface area contributed by atoms with E-state index in [9.17, 15) is 0 Å². The first-order valence-corrected chi connectivity index (χ1v) is 20.3. The lowest BCUT2D eigenvalue weighted by molar-refractivity contribution is 1.27. The molecule has 0 fully saturated rings. The minimum absolute atomic E-state index is 0.606. The van der Waals surface area contributed by atoms with Gasteiger partial charge in [-0.15, -0.1) is 5.54 Å². The van der Waals surface area contributed by atoms with Gasteiger partial charge in [0.1, 0.15) is 8.07 Å². The lowest BCUT2D eigenvalue weighted by Gasteiger charge is -2.26. The van der Waals surface area contributed by atoms with Crippen molar-refractivity contribution in [2.45, 2.75) is 26.1 Å². The van der Waals surface area contributed by atoms with E-state index in [4.69, 9.17) is 0 Å². The number of halogens is 1. The Morgan fingerprint density at radius 3 is 1.27 bits per heavy atom. The van der Waals surface area contributed by atoms with Crippen LogP contribution >= 0.6 is 15.9 Å². The van der Waals surface area contributed by atoms with E-state index in [1.54, 1.807) is 0 Å². The second-order valence-corrected chi connectivity index (χ2v) is 17.6. The molecule has 0 heterocycles. The van der Waals surface area contributed by atoms with Gasteiger partial charge in [-0.2, -0.15) is 0 Å². The maximum Gasteiger partial charge on any atom is 0.129 e. The van der Waals surface area contributed by atoms with Crippen LogP contribution in [0.1, 0.15) is 12.0 Å². The van der Waals surface area contributed by atoms with Crippen molar-refractivity contribution in [1.82, 2.24) is 0 Å². The van der Waals surface area contributed by atoms with Gasteiger partial charge in [0, 0.05) is 32.8 Å². The quantitative estimate of drug-likeness (QED) is 0.126. The summed E-state index contributed by atoms with van der Waals surface area (Å²) in [5, 5.41) is 0. The minimum atomic E-state index is -1.34. The molecule has 48 heavy (non-hydrogen) atoms. The van der Waals surface area contributed by atoms with Gasteiger partial charge in [0.15, 0.2) is 0 Å². The van der Waals surface area contributed by atoms with Crippen LogP contribution in [0.3, 0.4) is 0 Å². The molecule has 0 saturated carbocycles. The van der Waals surface area contributed by atoms with E-state index in [-0.39, 0.29) is 0 Å². The Kier molecular flexibility index (Phi) is 12.1. The SMILES string of the molecule is Brc1ccccc1N(c1ccccc1)c1ccccc1.C[Si](C)(C)C#CCC#Cc1ccccc1N(c1ccccc1)c1ccccc1. The van der Waals surface area contributed by atoms with Crippen LogP contribution in [-0.2, 0) is 0 Å². The molecule has 0 N–H and O–H groups in total. The Morgan fingerprint density at radius 2 is 0.833 bits per heavy atom. The van der Waals surface area contributed by atoms with Crippen LogP contribution in [0.2, 0.25) is 19.6 Å². The van der Waals surface area contributed by atoms with E-state index in [0.29, 0.717) is 6.42 Å². The predicted octanol–water partition coefficient (Wildman–Crippen LogP) is 12.7. The summed E-state index contributed by atoms with van der Waals surface area (Å²) in [7, 11) is -1.34. The highest BCUT2D eigenvalue weighted by molar-refractivity contribution is 9.10. The van der Waals surface area contributed by atoms with Crippen molar-refractivity contribution in [2.75, 3.05) is 9.80 Å². The topological polar surface area (TPSA) is 6.48 Å². The fourth-order valence-electron chi connectivity index (χ4n) is 5.06. The smallest absolute Gasteiger partial charge is 0.129 e. The molecule has 0 aliphatic heterocycles. The molecule has 236 valence electrons. The third-order valence-electron chi connectivity index (χ3n) is 7.16. The molecule has 4 heteroatoms. The minimum Gasteiger partial charge on any atom is -0.309 e. The van der Waals surface area contributed by atoms with Crippen molar-refractivity contribution in [3.63, 3.8) is 0 Å². The van der Waals surface area contributed by atoms with Gasteiger partial charge in [-0.1, -0.05) is 134 Å². The molecule has 0 atom stereocenters. The lowest BCUT2D eigenvalue weighted by Crippen LogP contribution is -2.16. The fraction of sp³-hybridized carbons (Fsp3) is 0.0909. The molecule has 0 aliphatic carbocycles. The Bertz CT molecular complexity index is 1920. The van der Waals surface area contributed by atoms with Crippen LogP contribution < -0.4 is 9.80 Å². The Balaban J connectivity index is 0.000000198. The maximum atomic E-state index is 3.65. The lowest BCUT2D eigenvalue weighted by atomic mass is 10.1. The number of nitrogens with zero attached hydrogens (tertiary/aromatic N) is 2. The summed E-state index contributed by atoms with van der Waals surface area (Å²) in [5.41, 5.74) is 11.1. The number of para-hydroxylation sites is 6. The zero-order valence-electron chi connectivity index (χ0n) is 27.6. The van der Waals surface area contributed by atoms with Gasteiger partial charge in [0.05, 0.1) is 17.8 Å². The van der Waals surface area contributed by atoms with E-state index in [2.05, 4.69) is 202 Å². The van der Waals surface area contributed by atoms with Crippen LogP contribution in [0.15, 0.2) is 174 Å². The fourth-order valence-corrected chi connectivity index (χ4v) is 6.14. The van der Waals surface area contributed by atoms with Crippen molar-refractivity contribution in [2.24, 2.45) is 0 Å². The molecule has 0 aromatic heterocycles. The van der Waals surface area contributed by atoms with E-state index in [0.717, 1.165) is 44.2 Å². The third-order valence-corrected chi connectivity index (χ3v) is 8.76. The number of rotatable bonds is 6. The molecule has 0 unspecified atom stereocenters. The highest BCUT2D eigenvalue weighted by atomic mass is 79.9. The van der Waals surface area contributed by atoms with E-state index in [1.807, 2.05) is 36.4 Å². The van der Waals surface area contributed by atoms with Crippen molar-refractivity contribution in [3.05, 3.63) is 180 Å². The average Bonchev–Trinajstić information content (AvgIpc) is 3.12. The number of hydrogen-bond donors (Lipinski definition) is 0. The molecule has 6 aromatic rings. The Hall–Kier alpha value is -5.26. The molecule has 0 amide bonds. The summed E-state index contributed by atoms with van der Waals surface area (Å²) in [4.78, 5) is 4.49. The Morgan fingerprint density at radius 1 is 0.458 bits per heavy atom. The average molecular weight is 704 g/mol. The van der Waals surface area contributed by atoms with Crippen LogP contribution in [0.25, 0.3) is 0 Å². The second-order valence-electron chi connectivity index (χ2n) is 12.0. The van der Waals surface area contributed by atoms with Crippen molar-refractivity contribution in [1.29, 1.82) is 0 Å². The van der Waals surface area contributed by atoms with Crippen molar-refractivity contribution in [3.8, 4) is 23.3 Å². The molecule has 6 rings (SSSR count). The predicted molar refractivity (Wildman–Crippen MR) is 213 cm³/mol. The maximum absolute atomic E-state index is 3.65. The van der Waals surface area contributed by atoms with Gasteiger partial charge < -0.3 is 9.80 Å². The standard InChI is InChI=1S/C26H25NSi.C18H14BrN/c1-28(2,3)22-14-6-7-15-23-16-12-13-21-26(23)27(24-17-8-4-9-18-24)25-19-10-5-11-20-25;19-17-13-7-8-14-18(17)20(15-9-3-1-4-10-15)16-11-5-2-6-12-16/h4-5,8-13,16-21H,6H2,1-3H3;1-14H. The summed E-state index contributed by atoms with van der Waals surface area (Å²) < 4.78 is 1.08. The summed E-state index contributed by atoms with van der Waals surface area (Å²) in [5.74, 6) is 9.82. The summed E-state index contributed by atoms with van der Waals surface area (Å²) in [6.45, 7) is 6.75. The van der Waals surface area contributed by atoms with E-state index < -0.39 is 8.07 Å². The van der Waals surface area contributed by atoms with Gasteiger partial charge in [-0.3, -0.25) is 0 Å². The first-order chi connectivity index (χ1) is 23.4. The molecule has 2 nitrogen and oxygen atoms in total. The molecular formula is C44H39BrN2Si. The summed E-state index contributed by atoms with van der Waals surface area (Å²) >= 11 is 3.65. The first kappa shape index (κ1) is 34.1. The van der Waals surface area contributed by atoms with Crippen LogP contribution in [0.4, 0.5) is 34.1 Å². The van der Waals surface area contributed by atoms with Crippen molar-refractivity contribution >= 4 is 58.1 Å². The molecule has 0 bridgehead atoms. The molecule has 0 spiro atoms. The van der Waals surface area contributed by atoms with Gasteiger partial charge in [0.25, 0.3) is 0 Å². The van der Waals surface area contributed by atoms with Gasteiger partial charge >= 0.3 is 0 Å². The van der Waals surface area contributed by atoms with E-state index >= 15 is 0 Å². The van der Waals surface area contributed by atoms with Crippen LogP contribution in [-0.4, -0.2) is 8.07 Å². The highest BCUT2D eigenvalue weighted by Crippen LogP contribution is 2.38. The normalized spacial score (nSPS) is 10.2.